The van der Waals surface area contributed by atoms with Crippen LogP contribution in [0.25, 0.3) is 11.1 Å². The number of nitrogens with zero attached hydrogens (tertiary/aromatic N) is 1. The lowest BCUT2D eigenvalue weighted by molar-refractivity contribution is -0.136. The zero-order valence-corrected chi connectivity index (χ0v) is 32.6. The van der Waals surface area contributed by atoms with Gasteiger partial charge in [0.1, 0.15) is 24.1 Å². The normalized spacial score (nSPS) is 15.7. The van der Waals surface area contributed by atoms with Crippen molar-refractivity contribution in [2.75, 3.05) is 59.5 Å². The second kappa shape index (κ2) is 21.3. The minimum Gasteiger partial charge on any atom is -0.508 e. The van der Waals surface area contributed by atoms with E-state index in [0.29, 0.717) is 78.0 Å². The van der Waals surface area contributed by atoms with E-state index in [1.807, 2.05) is 42.5 Å². The van der Waals surface area contributed by atoms with Crippen molar-refractivity contribution in [3.8, 4) is 11.5 Å². The number of phenolic OH excluding ortho intramolecular Hbond substituents is 1. The summed E-state index contributed by atoms with van der Waals surface area (Å²) in [6.45, 7) is 6.75. The third-order valence-electron chi connectivity index (χ3n) is 10.1. The third kappa shape index (κ3) is 11.4. The Hall–Kier alpha value is -5.33. The van der Waals surface area contributed by atoms with Crippen LogP contribution in [0.2, 0.25) is 0 Å². The van der Waals surface area contributed by atoms with Crippen molar-refractivity contribution in [2.45, 2.75) is 51.6 Å². The molecule has 0 spiro atoms. The average Bonchev–Trinajstić information content (AvgIpc) is 3.57. The second-order valence-corrected chi connectivity index (χ2v) is 13.9. The molecule has 0 saturated carbocycles. The fraction of sp³-hybridized carbons (Fsp3) is 0.370. The van der Waals surface area contributed by atoms with E-state index in [0.717, 1.165) is 52.8 Å². The lowest BCUT2D eigenvalue weighted by Gasteiger charge is -2.29. The highest BCUT2D eigenvalue weighted by atomic mass is 16.6. The number of aryl methyl sites for hydroxylation is 1. The molecule has 0 aliphatic carbocycles. The Morgan fingerprint density at radius 2 is 1.32 bits per heavy atom. The van der Waals surface area contributed by atoms with Gasteiger partial charge >= 0.3 is 0 Å². The summed E-state index contributed by atoms with van der Waals surface area (Å²) in [4.78, 5) is 38.5. The van der Waals surface area contributed by atoms with E-state index >= 15 is 0 Å². The number of imide groups is 1. The van der Waals surface area contributed by atoms with E-state index in [9.17, 15) is 19.5 Å². The third-order valence-corrected chi connectivity index (χ3v) is 10.1. The molecule has 300 valence electrons. The van der Waals surface area contributed by atoms with Gasteiger partial charge in [0.05, 0.1) is 46.2 Å². The van der Waals surface area contributed by atoms with Crippen LogP contribution in [0.1, 0.15) is 70.8 Å². The first-order valence-corrected chi connectivity index (χ1v) is 19.8. The number of ether oxygens (including phenoxy) is 5. The molecule has 3 amide bonds. The zero-order valence-electron chi connectivity index (χ0n) is 32.6. The van der Waals surface area contributed by atoms with E-state index < -0.39 is 11.9 Å². The fourth-order valence-corrected chi connectivity index (χ4v) is 7.25. The van der Waals surface area contributed by atoms with Gasteiger partial charge in [-0.15, -0.1) is 0 Å². The maximum absolute atomic E-state index is 13.0. The number of hydrogen-bond donors (Lipinski definition) is 2. The first kappa shape index (κ1) is 41.3. The predicted molar refractivity (Wildman–Crippen MR) is 217 cm³/mol. The van der Waals surface area contributed by atoms with Crippen LogP contribution in [0, 0.1) is 0 Å². The lowest BCUT2D eigenvalue weighted by Crippen LogP contribution is -2.52. The van der Waals surface area contributed by atoms with E-state index in [2.05, 4.69) is 48.6 Å². The highest BCUT2D eigenvalue weighted by Gasteiger charge is 2.39. The monoisotopic (exact) mass is 776 g/mol. The largest absolute Gasteiger partial charge is 0.508 e. The Labute approximate surface area is 334 Å². The number of piperidine rings is 1. The van der Waals surface area contributed by atoms with Gasteiger partial charge in [0.15, 0.2) is 0 Å². The maximum atomic E-state index is 13.0. The van der Waals surface area contributed by atoms with E-state index in [-0.39, 0.29) is 24.0 Å². The first-order chi connectivity index (χ1) is 27.9. The number of phenols is 1. The average molecular weight is 777 g/mol. The number of rotatable bonds is 22. The van der Waals surface area contributed by atoms with E-state index in [1.54, 1.807) is 23.1 Å². The molecule has 57 heavy (non-hydrogen) atoms. The van der Waals surface area contributed by atoms with Gasteiger partial charge in [-0.2, -0.15) is 0 Å². The molecule has 1 atom stereocenters. The van der Waals surface area contributed by atoms with Crippen LogP contribution in [0.4, 0.5) is 0 Å². The molecule has 0 bridgehead atoms. The van der Waals surface area contributed by atoms with Gasteiger partial charge in [-0.05, 0) is 95.0 Å². The minimum atomic E-state index is -0.614. The molecular formula is C46H52N2O9. The van der Waals surface area contributed by atoms with E-state index in [1.165, 1.54) is 11.1 Å². The number of allylic oxidation sites excluding steroid dienone is 1. The highest BCUT2D eigenvalue weighted by molar-refractivity contribution is 6.05. The van der Waals surface area contributed by atoms with Crippen molar-refractivity contribution in [3.63, 3.8) is 0 Å². The molecule has 2 heterocycles. The van der Waals surface area contributed by atoms with Crippen LogP contribution in [-0.4, -0.2) is 93.2 Å². The molecule has 0 radical (unpaired) electrons. The Bertz CT molecular complexity index is 1960. The Morgan fingerprint density at radius 3 is 1.95 bits per heavy atom. The van der Waals surface area contributed by atoms with Gasteiger partial charge in [-0.1, -0.05) is 73.7 Å². The molecule has 4 aromatic carbocycles. The summed E-state index contributed by atoms with van der Waals surface area (Å²) in [5, 5.41) is 12.2. The summed E-state index contributed by atoms with van der Waals surface area (Å²) in [5.41, 5.74) is 8.30. The molecule has 6 rings (SSSR count). The van der Waals surface area contributed by atoms with Crippen molar-refractivity contribution in [3.05, 3.63) is 130 Å². The van der Waals surface area contributed by atoms with Gasteiger partial charge in [0.25, 0.3) is 5.91 Å². The van der Waals surface area contributed by atoms with Gasteiger partial charge in [-0.25, -0.2) is 0 Å². The number of nitrogens with one attached hydrogen (secondary N) is 1. The van der Waals surface area contributed by atoms with Crippen molar-refractivity contribution in [1.29, 1.82) is 0 Å². The molecule has 1 fully saturated rings. The van der Waals surface area contributed by atoms with Crippen LogP contribution in [-0.2, 0) is 41.5 Å². The van der Waals surface area contributed by atoms with Crippen LogP contribution in [0.3, 0.4) is 0 Å². The summed E-state index contributed by atoms with van der Waals surface area (Å²) < 4.78 is 28.6. The number of fused-ring (bicyclic) bond motifs is 1. The topological polar surface area (TPSA) is 133 Å². The molecule has 11 nitrogen and oxygen atoms in total. The molecule has 1 saturated heterocycles. The van der Waals surface area contributed by atoms with Crippen LogP contribution in [0.15, 0.2) is 97.1 Å². The maximum Gasteiger partial charge on any atom is 0.255 e. The molecule has 1 unspecified atom stereocenters. The molecular weight excluding hydrogens is 725 g/mol. The molecule has 2 N–H and O–H groups in total. The van der Waals surface area contributed by atoms with E-state index in [4.69, 9.17) is 23.7 Å². The summed E-state index contributed by atoms with van der Waals surface area (Å²) in [7, 11) is 0. The summed E-state index contributed by atoms with van der Waals surface area (Å²) in [6, 6.07) is 30.9. The summed E-state index contributed by atoms with van der Waals surface area (Å²) in [5.74, 6) is 0.155. The Kier molecular flexibility index (Phi) is 15.4. The van der Waals surface area contributed by atoms with Crippen molar-refractivity contribution in [1.82, 2.24) is 10.2 Å². The van der Waals surface area contributed by atoms with Gasteiger partial charge < -0.3 is 33.7 Å². The highest BCUT2D eigenvalue weighted by Crippen LogP contribution is 2.36. The number of carbonyl (C=O) groups is 3. The zero-order chi connectivity index (χ0) is 39.8. The Balaban J connectivity index is 0.799. The SMILES string of the molecule is CC/C(=C(\c1ccc(O)cc1)c1ccc(OCCOCCOCCOCCOCCCc2cccc3c2CN(C2CCC(=O)NC2=O)C3=O)cc1)c1ccccc1. The smallest absolute Gasteiger partial charge is 0.255 e. The molecule has 2 aliphatic heterocycles. The van der Waals surface area contributed by atoms with Crippen molar-refractivity contribution < 1.29 is 43.2 Å². The lowest BCUT2D eigenvalue weighted by atomic mass is 9.88. The first-order valence-electron chi connectivity index (χ1n) is 19.8. The molecule has 2 aliphatic rings. The van der Waals surface area contributed by atoms with Gasteiger partial charge in [-0.3, -0.25) is 19.7 Å². The quantitative estimate of drug-likeness (QED) is 0.0515. The van der Waals surface area contributed by atoms with Crippen LogP contribution in [0.5, 0.6) is 11.5 Å². The van der Waals surface area contributed by atoms with Gasteiger partial charge in [0.2, 0.25) is 11.8 Å². The summed E-state index contributed by atoms with van der Waals surface area (Å²) in [6.07, 6.45) is 2.99. The van der Waals surface area contributed by atoms with Crippen LogP contribution < -0.4 is 10.1 Å². The standard InChI is InChI=1S/C46H52N2O9/c1-2-39(33-8-4-3-5-9-33)44(35-13-17-37(49)18-14-35)36-15-19-38(20-16-36)57-31-30-56-29-28-55-27-26-54-25-24-53-23-7-11-34-10-6-12-40-41(34)32-48(46(40)52)42-21-22-43(50)47-45(42)51/h3-6,8-10,12-20,42,49H,2,7,11,21-32H2,1H3,(H,47,50,51)/b44-39-. The summed E-state index contributed by atoms with van der Waals surface area (Å²) >= 11 is 0. The van der Waals surface area contributed by atoms with Gasteiger partial charge in [0, 0.05) is 25.1 Å². The molecule has 0 aromatic heterocycles. The molecule has 4 aromatic rings. The minimum absolute atomic E-state index is 0.157. The fourth-order valence-electron chi connectivity index (χ4n) is 7.25. The molecule has 11 heteroatoms. The predicted octanol–water partition coefficient (Wildman–Crippen LogP) is 6.60. The second-order valence-electron chi connectivity index (χ2n) is 13.9. The number of benzene rings is 4. The van der Waals surface area contributed by atoms with Crippen LogP contribution >= 0.6 is 0 Å². The number of aromatic hydroxyl groups is 1. The number of amides is 3. The number of hydrogen-bond acceptors (Lipinski definition) is 9. The van der Waals surface area contributed by atoms with Crippen molar-refractivity contribution >= 4 is 28.9 Å². The van der Waals surface area contributed by atoms with Crippen molar-refractivity contribution in [2.24, 2.45) is 0 Å². The number of carbonyl (C=O) groups excluding carboxylic acids is 3. The Morgan fingerprint density at radius 1 is 0.702 bits per heavy atom.